The Bertz CT molecular complexity index is 754. The number of hydrogen-bond acceptors (Lipinski definition) is 5. The summed E-state index contributed by atoms with van der Waals surface area (Å²) >= 11 is 0. The molecule has 0 aliphatic carbocycles. The van der Waals surface area contributed by atoms with Crippen LogP contribution in [0.25, 0.3) is 5.69 Å². The summed E-state index contributed by atoms with van der Waals surface area (Å²) in [7, 11) is 0. The van der Waals surface area contributed by atoms with Crippen molar-refractivity contribution < 1.29 is 9.66 Å². The summed E-state index contributed by atoms with van der Waals surface area (Å²) in [6, 6.07) is 11.7. The van der Waals surface area contributed by atoms with Crippen LogP contribution in [0.5, 0.6) is 11.6 Å². The Morgan fingerprint density at radius 1 is 1.10 bits per heavy atom. The van der Waals surface area contributed by atoms with Gasteiger partial charge >= 0.3 is 5.69 Å². The molecule has 0 N–H and O–H groups in total. The normalized spacial score (nSPS) is 10.3. The molecule has 0 aliphatic rings. The van der Waals surface area contributed by atoms with Crippen molar-refractivity contribution in [3.63, 3.8) is 0 Å². The standard InChI is InChI=1S/C14H10N4O3/c19-18(20)13-3-1-8-15-14(13)21-12-6-4-11(5-7-12)17-10-2-9-16-17/h1-10H. The zero-order valence-corrected chi connectivity index (χ0v) is 10.8. The molecule has 3 aromatic rings. The fourth-order valence-corrected chi connectivity index (χ4v) is 1.80. The highest BCUT2D eigenvalue weighted by Crippen LogP contribution is 2.28. The first-order valence-corrected chi connectivity index (χ1v) is 6.11. The van der Waals surface area contributed by atoms with E-state index >= 15 is 0 Å². The van der Waals surface area contributed by atoms with Gasteiger partial charge in [-0.05, 0) is 36.4 Å². The number of nitro groups is 1. The van der Waals surface area contributed by atoms with Gasteiger partial charge in [-0.3, -0.25) is 10.1 Å². The lowest BCUT2D eigenvalue weighted by atomic mass is 10.3. The van der Waals surface area contributed by atoms with Crippen molar-refractivity contribution in [1.29, 1.82) is 0 Å². The second-order valence-electron chi connectivity index (χ2n) is 4.13. The average Bonchev–Trinajstić information content (AvgIpc) is 3.03. The van der Waals surface area contributed by atoms with E-state index in [4.69, 9.17) is 4.74 Å². The summed E-state index contributed by atoms with van der Waals surface area (Å²) in [6.45, 7) is 0. The number of hydrogen-bond donors (Lipinski definition) is 0. The molecule has 0 atom stereocenters. The van der Waals surface area contributed by atoms with E-state index in [1.807, 2.05) is 12.3 Å². The second kappa shape index (κ2) is 5.41. The van der Waals surface area contributed by atoms with Crippen LogP contribution in [-0.4, -0.2) is 19.7 Å². The summed E-state index contributed by atoms with van der Waals surface area (Å²) in [4.78, 5) is 14.3. The van der Waals surface area contributed by atoms with E-state index in [-0.39, 0.29) is 11.6 Å². The Labute approximate surface area is 119 Å². The van der Waals surface area contributed by atoms with Crippen LogP contribution in [0.4, 0.5) is 5.69 Å². The van der Waals surface area contributed by atoms with E-state index in [1.165, 1.54) is 18.3 Å². The summed E-state index contributed by atoms with van der Waals surface area (Å²) in [5.41, 5.74) is 0.691. The quantitative estimate of drug-likeness (QED) is 0.542. The molecule has 0 saturated carbocycles. The van der Waals surface area contributed by atoms with E-state index < -0.39 is 4.92 Å². The summed E-state index contributed by atoms with van der Waals surface area (Å²) in [5.74, 6) is 0.432. The highest BCUT2D eigenvalue weighted by atomic mass is 16.6. The van der Waals surface area contributed by atoms with Crippen LogP contribution in [-0.2, 0) is 0 Å². The fraction of sp³-hybridized carbons (Fsp3) is 0. The Morgan fingerprint density at radius 2 is 1.90 bits per heavy atom. The number of aromatic nitrogens is 3. The molecule has 2 aromatic heterocycles. The predicted octanol–water partition coefficient (Wildman–Crippen LogP) is 2.97. The molecular formula is C14H10N4O3. The largest absolute Gasteiger partial charge is 0.434 e. The number of rotatable bonds is 4. The maximum absolute atomic E-state index is 10.9. The molecule has 21 heavy (non-hydrogen) atoms. The van der Waals surface area contributed by atoms with Crippen LogP contribution >= 0.6 is 0 Å². The first-order chi connectivity index (χ1) is 10.2. The smallest absolute Gasteiger partial charge is 0.331 e. The van der Waals surface area contributed by atoms with Gasteiger partial charge in [0, 0.05) is 24.7 Å². The van der Waals surface area contributed by atoms with Gasteiger partial charge in [-0.15, -0.1) is 0 Å². The molecule has 0 fully saturated rings. The van der Waals surface area contributed by atoms with Gasteiger partial charge in [-0.2, -0.15) is 5.10 Å². The van der Waals surface area contributed by atoms with Crippen molar-refractivity contribution in [2.24, 2.45) is 0 Å². The molecule has 104 valence electrons. The van der Waals surface area contributed by atoms with E-state index in [9.17, 15) is 10.1 Å². The molecule has 1 aromatic carbocycles. The van der Waals surface area contributed by atoms with E-state index in [1.54, 1.807) is 35.1 Å². The van der Waals surface area contributed by atoms with Gasteiger partial charge in [0.15, 0.2) is 0 Å². The molecule has 7 nitrogen and oxygen atoms in total. The molecular weight excluding hydrogens is 272 g/mol. The number of ether oxygens (including phenoxy) is 1. The molecule has 7 heteroatoms. The van der Waals surface area contributed by atoms with E-state index in [0.717, 1.165) is 5.69 Å². The SMILES string of the molecule is O=[N+]([O-])c1cccnc1Oc1ccc(-n2cccn2)cc1. The Hall–Kier alpha value is -3.22. The lowest BCUT2D eigenvalue weighted by Crippen LogP contribution is -1.96. The van der Waals surface area contributed by atoms with Gasteiger partial charge in [-0.25, -0.2) is 9.67 Å². The summed E-state index contributed by atoms with van der Waals surface area (Å²) in [5, 5.41) is 15.0. The summed E-state index contributed by atoms with van der Waals surface area (Å²) in [6.07, 6.45) is 4.95. The average molecular weight is 282 g/mol. The molecule has 0 radical (unpaired) electrons. The first-order valence-electron chi connectivity index (χ1n) is 6.11. The summed E-state index contributed by atoms with van der Waals surface area (Å²) < 4.78 is 7.16. The van der Waals surface area contributed by atoms with Crippen LogP contribution in [0.2, 0.25) is 0 Å². The Balaban J connectivity index is 1.84. The van der Waals surface area contributed by atoms with Crippen molar-refractivity contribution in [3.05, 3.63) is 71.2 Å². The minimum Gasteiger partial charge on any atom is -0.434 e. The molecule has 0 amide bonds. The zero-order chi connectivity index (χ0) is 14.7. The highest BCUT2D eigenvalue weighted by Gasteiger charge is 2.16. The number of nitrogens with zero attached hydrogens (tertiary/aromatic N) is 4. The van der Waals surface area contributed by atoms with Crippen LogP contribution < -0.4 is 4.74 Å². The van der Waals surface area contributed by atoms with Gasteiger partial charge < -0.3 is 4.74 Å². The topological polar surface area (TPSA) is 83.1 Å². The molecule has 2 heterocycles. The van der Waals surface area contributed by atoms with Gasteiger partial charge in [-0.1, -0.05) is 0 Å². The Kier molecular flexibility index (Phi) is 3.30. The lowest BCUT2D eigenvalue weighted by molar-refractivity contribution is -0.386. The van der Waals surface area contributed by atoms with Crippen molar-refractivity contribution >= 4 is 5.69 Å². The first kappa shape index (κ1) is 12.8. The third-order valence-electron chi connectivity index (χ3n) is 2.77. The maximum Gasteiger partial charge on any atom is 0.331 e. The van der Waals surface area contributed by atoms with Gasteiger partial charge in [0.05, 0.1) is 10.6 Å². The third-order valence-corrected chi connectivity index (χ3v) is 2.77. The highest BCUT2D eigenvalue weighted by molar-refractivity contribution is 5.44. The lowest BCUT2D eigenvalue weighted by Gasteiger charge is -2.06. The Morgan fingerprint density at radius 3 is 2.57 bits per heavy atom. The molecule has 0 unspecified atom stereocenters. The molecule has 0 spiro atoms. The van der Waals surface area contributed by atoms with Crippen LogP contribution in [0.3, 0.4) is 0 Å². The van der Waals surface area contributed by atoms with Crippen molar-refractivity contribution in [1.82, 2.24) is 14.8 Å². The van der Waals surface area contributed by atoms with Crippen LogP contribution in [0.1, 0.15) is 0 Å². The van der Waals surface area contributed by atoms with Gasteiger partial charge in [0.2, 0.25) is 0 Å². The minimum atomic E-state index is -0.527. The minimum absolute atomic E-state index is 0.0330. The van der Waals surface area contributed by atoms with Gasteiger partial charge in [0.1, 0.15) is 5.75 Å². The monoisotopic (exact) mass is 282 g/mol. The third kappa shape index (κ3) is 2.71. The molecule has 3 rings (SSSR count). The van der Waals surface area contributed by atoms with E-state index in [0.29, 0.717) is 5.75 Å². The maximum atomic E-state index is 10.9. The predicted molar refractivity (Wildman–Crippen MR) is 74.5 cm³/mol. The van der Waals surface area contributed by atoms with Crippen LogP contribution in [0.15, 0.2) is 61.1 Å². The van der Waals surface area contributed by atoms with Gasteiger partial charge in [0.25, 0.3) is 5.88 Å². The van der Waals surface area contributed by atoms with Crippen molar-refractivity contribution in [3.8, 4) is 17.3 Å². The molecule has 0 saturated heterocycles. The van der Waals surface area contributed by atoms with E-state index in [2.05, 4.69) is 10.1 Å². The second-order valence-corrected chi connectivity index (χ2v) is 4.13. The number of benzene rings is 1. The molecule has 0 bridgehead atoms. The van der Waals surface area contributed by atoms with Crippen molar-refractivity contribution in [2.45, 2.75) is 0 Å². The van der Waals surface area contributed by atoms with Crippen LogP contribution in [0, 0.1) is 10.1 Å². The zero-order valence-electron chi connectivity index (χ0n) is 10.8. The molecule has 0 aliphatic heterocycles. The van der Waals surface area contributed by atoms with Crippen molar-refractivity contribution in [2.75, 3.05) is 0 Å². The fourth-order valence-electron chi connectivity index (χ4n) is 1.80. The number of pyridine rings is 1.